The number of carbonyl (C=O) groups excluding carboxylic acids is 1. The summed E-state index contributed by atoms with van der Waals surface area (Å²) >= 11 is 0. The number of fused-ring (bicyclic) bond motifs is 1. The molecule has 4 aliphatic carbocycles. The summed E-state index contributed by atoms with van der Waals surface area (Å²) in [5.41, 5.74) is 3.65. The molecule has 1 amide bonds. The van der Waals surface area contributed by atoms with E-state index in [1.165, 1.54) is 25.3 Å². The Labute approximate surface area is 188 Å². The topological polar surface area (TPSA) is 64.1 Å². The Morgan fingerprint density at radius 2 is 1.84 bits per heavy atom. The van der Waals surface area contributed by atoms with E-state index < -0.39 is 0 Å². The first-order chi connectivity index (χ1) is 15.4. The van der Waals surface area contributed by atoms with Crippen LogP contribution in [-0.2, 0) is 11.2 Å². The summed E-state index contributed by atoms with van der Waals surface area (Å²) in [5.74, 6) is 2.33. The largest absolute Gasteiger partial charge is 0.485 e. The summed E-state index contributed by atoms with van der Waals surface area (Å²) in [5, 5.41) is 3.19. The number of rotatable bonds is 4. The zero-order valence-corrected chi connectivity index (χ0v) is 18.8. The van der Waals surface area contributed by atoms with Crippen LogP contribution < -0.4 is 10.1 Å². The molecule has 5 nitrogen and oxygen atoms in total. The van der Waals surface area contributed by atoms with Crippen LogP contribution in [0.4, 0.5) is 4.39 Å². The average molecular weight is 436 g/mol. The highest BCUT2D eigenvalue weighted by molar-refractivity contribution is 5.83. The van der Waals surface area contributed by atoms with Gasteiger partial charge in [0.2, 0.25) is 5.91 Å². The molecule has 2 aromatic rings. The normalized spacial score (nSPS) is 32.0. The Bertz CT molecular complexity index is 1060. The van der Waals surface area contributed by atoms with E-state index in [-0.39, 0.29) is 23.2 Å². The van der Waals surface area contributed by atoms with Gasteiger partial charge in [0.25, 0.3) is 0 Å². The number of aryl methyl sites for hydroxylation is 2. The fourth-order valence-electron chi connectivity index (χ4n) is 7.23. The van der Waals surface area contributed by atoms with Crippen LogP contribution in [0.5, 0.6) is 5.75 Å². The molecule has 1 aromatic carbocycles. The van der Waals surface area contributed by atoms with Crippen LogP contribution in [0.3, 0.4) is 0 Å². The lowest BCUT2D eigenvalue weighted by molar-refractivity contribution is -0.146. The number of benzene rings is 1. The zero-order valence-electron chi connectivity index (χ0n) is 18.8. The van der Waals surface area contributed by atoms with Crippen molar-refractivity contribution in [3.05, 3.63) is 41.1 Å². The molecule has 1 N–H and O–H groups in total. The third-order valence-corrected chi connectivity index (χ3v) is 8.21. The van der Waals surface area contributed by atoms with Crippen molar-refractivity contribution < 1.29 is 13.9 Å². The second kappa shape index (κ2) is 7.26. The molecule has 32 heavy (non-hydrogen) atoms. The molecule has 2 heterocycles. The van der Waals surface area contributed by atoms with Gasteiger partial charge in [-0.05, 0) is 82.3 Å². The second-order valence-corrected chi connectivity index (χ2v) is 10.7. The lowest BCUT2D eigenvalue weighted by Gasteiger charge is -2.55. The highest BCUT2D eigenvalue weighted by atomic mass is 19.1. The van der Waals surface area contributed by atoms with Crippen molar-refractivity contribution in [1.29, 1.82) is 0 Å². The molecule has 7 rings (SSSR count). The van der Waals surface area contributed by atoms with Crippen molar-refractivity contribution in [2.45, 2.75) is 64.9 Å². The summed E-state index contributed by atoms with van der Waals surface area (Å²) in [6, 6.07) is 3.43. The van der Waals surface area contributed by atoms with Crippen molar-refractivity contribution in [2.75, 3.05) is 6.54 Å². The van der Waals surface area contributed by atoms with E-state index in [9.17, 15) is 9.18 Å². The molecule has 168 valence electrons. The van der Waals surface area contributed by atoms with E-state index >= 15 is 0 Å². The quantitative estimate of drug-likeness (QED) is 0.766. The maximum atomic E-state index is 14.9. The molecule has 4 bridgehead atoms. The van der Waals surface area contributed by atoms with Crippen LogP contribution in [0.2, 0.25) is 0 Å². The summed E-state index contributed by atoms with van der Waals surface area (Å²) in [6.45, 7) is 4.19. The molecule has 4 saturated carbocycles. The van der Waals surface area contributed by atoms with E-state index in [0.717, 1.165) is 59.5 Å². The van der Waals surface area contributed by atoms with Crippen molar-refractivity contribution in [3.63, 3.8) is 0 Å². The molecule has 4 fully saturated rings. The minimum absolute atomic E-state index is 0.167. The Morgan fingerprint density at radius 1 is 1.16 bits per heavy atom. The number of hydrogen-bond acceptors (Lipinski definition) is 4. The van der Waals surface area contributed by atoms with Crippen LogP contribution in [0, 0.1) is 42.8 Å². The van der Waals surface area contributed by atoms with Crippen LogP contribution in [0.1, 0.15) is 55.5 Å². The van der Waals surface area contributed by atoms with Gasteiger partial charge in [0.1, 0.15) is 6.10 Å². The van der Waals surface area contributed by atoms with Gasteiger partial charge in [0.15, 0.2) is 11.6 Å². The monoisotopic (exact) mass is 435 g/mol. The fourth-order valence-corrected chi connectivity index (χ4v) is 7.23. The standard InChI is InChI=1S/C26H30FN3O2/c1-14-12-28-15(2)23(30-14)19-6-20-7-21(32-24(20)22(27)8-19)13-29-25(31)26-9-16-3-17(10-26)5-18(4-16)11-26/h6,8,12,16-18,21H,3-5,7,9-11,13H2,1-2H3,(H,29,31)/t16?,17?,18?,21-,26?/m1/s1. The van der Waals surface area contributed by atoms with Crippen LogP contribution in [0.25, 0.3) is 11.3 Å². The molecule has 0 unspecified atom stereocenters. The summed E-state index contributed by atoms with van der Waals surface area (Å²) in [7, 11) is 0. The van der Waals surface area contributed by atoms with Gasteiger partial charge < -0.3 is 10.1 Å². The highest BCUT2D eigenvalue weighted by Gasteiger charge is 2.54. The van der Waals surface area contributed by atoms with Gasteiger partial charge in [-0.2, -0.15) is 0 Å². The Balaban J connectivity index is 1.15. The summed E-state index contributed by atoms with van der Waals surface area (Å²) in [4.78, 5) is 22.2. The number of ether oxygens (including phenoxy) is 1. The average Bonchev–Trinajstić information content (AvgIpc) is 3.16. The predicted molar refractivity (Wildman–Crippen MR) is 119 cm³/mol. The van der Waals surface area contributed by atoms with Crippen LogP contribution >= 0.6 is 0 Å². The molecule has 1 atom stereocenters. The minimum atomic E-state index is -0.380. The zero-order chi connectivity index (χ0) is 22.0. The number of hydrogen-bond donors (Lipinski definition) is 1. The van der Waals surface area contributed by atoms with E-state index in [4.69, 9.17) is 4.74 Å². The van der Waals surface area contributed by atoms with Gasteiger partial charge in [0.05, 0.1) is 23.6 Å². The van der Waals surface area contributed by atoms with Gasteiger partial charge in [-0.1, -0.05) is 0 Å². The molecular weight excluding hydrogens is 405 g/mol. The number of carbonyl (C=O) groups is 1. The fraction of sp³-hybridized carbons (Fsp3) is 0.577. The molecule has 0 radical (unpaired) electrons. The summed E-state index contributed by atoms with van der Waals surface area (Å²) < 4.78 is 20.8. The number of amides is 1. The lowest BCUT2D eigenvalue weighted by atomic mass is 9.49. The van der Waals surface area contributed by atoms with Gasteiger partial charge in [-0.3, -0.25) is 9.78 Å². The molecule has 1 aliphatic heterocycles. The van der Waals surface area contributed by atoms with E-state index in [2.05, 4.69) is 15.3 Å². The van der Waals surface area contributed by atoms with Gasteiger partial charge in [0, 0.05) is 29.2 Å². The molecule has 0 saturated heterocycles. The van der Waals surface area contributed by atoms with Gasteiger partial charge in [-0.25, -0.2) is 9.37 Å². The molecule has 0 spiro atoms. The molecule has 5 aliphatic rings. The van der Waals surface area contributed by atoms with Crippen molar-refractivity contribution >= 4 is 5.91 Å². The maximum Gasteiger partial charge on any atom is 0.226 e. The summed E-state index contributed by atoms with van der Waals surface area (Å²) in [6.07, 6.45) is 9.16. The molecular formula is C26H30FN3O2. The van der Waals surface area contributed by atoms with E-state index in [0.29, 0.717) is 24.4 Å². The van der Waals surface area contributed by atoms with Crippen molar-refractivity contribution in [3.8, 4) is 17.0 Å². The second-order valence-electron chi connectivity index (χ2n) is 10.7. The third-order valence-electron chi connectivity index (χ3n) is 8.21. The van der Waals surface area contributed by atoms with Gasteiger partial charge >= 0.3 is 0 Å². The Morgan fingerprint density at radius 3 is 2.53 bits per heavy atom. The first-order valence-electron chi connectivity index (χ1n) is 12.0. The van der Waals surface area contributed by atoms with Crippen molar-refractivity contribution in [1.82, 2.24) is 15.3 Å². The number of nitrogens with zero attached hydrogens (tertiary/aromatic N) is 2. The highest BCUT2D eigenvalue weighted by Crippen LogP contribution is 2.60. The van der Waals surface area contributed by atoms with E-state index in [1.54, 1.807) is 6.20 Å². The lowest BCUT2D eigenvalue weighted by Crippen LogP contribution is -2.54. The smallest absolute Gasteiger partial charge is 0.226 e. The Hall–Kier alpha value is -2.50. The maximum absolute atomic E-state index is 14.9. The molecule has 6 heteroatoms. The van der Waals surface area contributed by atoms with Crippen LogP contribution in [0.15, 0.2) is 18.3 Å². The Kier molecular flexibility index (Phi) is 4.57. The minimum Gasteiger partial charge on any atom is -0.485 e. The molecule has 1 aromatic heterocycles. The third kappa shape index (κ3) is 3.30. The van der Waals surface area contributed by atoms with Gasteiger partial charge in [-0.15, -0.1) is 0 Å². The predicted octanol–water partition coefficient (Wildman–Crippen LogP) is 4.54. The number of aromatic nitrogens is 2. The van der Waals surface area contributed by atoms with Crippen molar-refractivity contribution in [2.24, 2.45) is 23.2 Å². The first kappa shape index (κ1) is 20.1. The first-order valence-corrected chi connectivity index (χ1v) is 12.0. The van der Waals surface area contributed by atoms with E-state index in [1.807, 2.05) is 19.9 Å². The number of nitrogens with one attached hydrogen (secondary N) is 1. The SMILES string of the molecule is Cc1cnc(C)c(-c2cc(F)c3c(c2)C[C@H](CNC(=O)C24CC5CC(CC(C5)C2)C4)O3)n1. The number of halogens is 1. The van der Waals surface area contributed by atoms with Crippen LogP contribution in [-0.4, -0.2) is 28.5 Å².